The van der Waals surface area contributed by atoms with Crippen LogP contribution in [0.3, 0.4) is 0 Å². The summed E-state index contributed by atoms with van der Waals surface area (Å²) in [7, 11) is 0. The van der Waals surface area contributed by atoms with Crippen molar-refractivity contribution in [3.8, 4) is 0 Å². The number of likely N-dealkylation sites (tertiary alicyclic amines) is 1. The van der Waals surface area contributed by atoms with Gasteiger partial charge in [-0.05, 0) is 37.1 Å². The van der Waals surface area contributed by atoms with Crippen molar-refractivity contribution >= 4 is 17.6 Å². The summed E-state index contributed by atoms with van der Waals surface area (Å²) in [5.41, 5.74) is 3.37. The standard InChI is InChI=1S/C15H18ClNO3.H3N/c1-9-11(2-3-12-13(9)8-20-15(12)19)14(18)7-17-5-4-10(16)6-17;/h2-3,10,14,18H,4-8H2,1H3;1H3/t10-,14-;/m0./s1. The molecule has 0 radical (unpaired) electrons. The second-order valence-electron chi connectivity index (χ2n) is 5.54. The van der Waals surface area contributed by atoms with Crippen molar-refractivity contribution in [3.63, 3.8) is 0 Å². The Morgan fingerprint density at radius 3 is 2.95 bits per heavy atom. The van der Waals surface area contributed by atoms with Gasteiger partial charge in [0.15, 0.2) is 0 Å². The summed E-state index contributed by atoms with van der Waals surface area (Å²) in [5, 5.41) is 10.6. The van der Waals surface area contributed by atoms with Gasteiger partial charge in [0, 0.05) is 24.0 Å². The van der Waals surface area contributed by atoms with Crippen molar-refractivity contribution in [1.82, 2.24) is 11.1 Å². The molecule has 0 unspecified atom stereocenters. The van der Waals surface area contributed by atoms with Crippen LogP contribution in [0.15, 0.2) is 12.1 Å². The van der Waals surface area contributed by atoms with Crippen LogP contribution in [0.5, 0.6) is 0 Å². The number of nitrogens with zero attached hydrogens (tertiary/aromatic N) is 1. The van der Waals surface area contributed by atoms with Gasteiger partial charge in [0.25, 0.3) is 0 Å². The van der Waals surface area contributed by atoms with Gasteiger partial charge in [-0.3, -0.25) is 4.90 Å². The van der Waals surface area contributed by atoms with Crippen molar-refractivity contribution in [2.45, 2.75) is 31.4 Å². The minimum Gasteiger partial charge on any atom is -0.457 e. The molecule has 1 fully saturated rings. The molecule has 4 N–H and O–H groups in total. The van der Waals surface area contributed by atoms with E-state index in [1.807, 2.05) is 13.0 Å². The van der Waals surface area contributed by atoms with Crippen molar-refractivity contribution in [2.24, 2.45) is 0 Å². The molecule has 1 saturated heterocycles. The van der Waals surface area contributed by atoms with Crippen LogP contribution in [0.4, 0.5) is 0 Å². The van der Waals surface area contributed by atoms with Crippen LogP contribution >= 0.6 is 11.6 Å². The largest absolute Gasteiger partial charge is 0.457 e. The van der Waals surface area contributed by atoms with Crippen LogP contribution in [0.1, 0.15) is 39.6 Å². The van der Waals surface area contributed by atoms with E-state index >= 15 is 0 Å². The fraction of sp³-hybridized carbons (Fsp3) is 0.533. The lowest BCUT2D eigenvalue weighted by atomic mass is 9.95. The molecule has 3 rings (SSSR count). The number of alkyl halides is 1. The normalized spacial score (nSPS) is 22.6. The summed E-state index contributed by atoms with van der Waals surface area (Å²) in [6.07, 6.45) is 0.415. The maximum atomic E-state index is 11.5. The Kier molecular flexibility index (Phi) is 4.88. The maximum Gasteiger partial charge on any atom is 0.338 e. The third-order valence-corrected chi connectivity index (χ3v) is 4.57. The Balaban J connectivity index is 0.00000161. The first-order valence-corrected chi connectivity index (χ1v) is 7.34. The third-order valence-electron chi connectivity index (χ3n) is 4.21. The minimum atomic E-state index is -0.557. The number of fused-ring (bicyclic) bond motifs is 1. The van der Waals surface area contributed by atoms with E-state index in [2.05, 4.69) is 4.90 Å². The average Bonchev–Trinajstić information content (AvgIpc) is 2.97. The first-order chi connectivity index (χ1) is 9.56. The number of hydrogen-bond acceptors (Lipinski definition) is 5. The van der Waals surface area contributed by atoms with E-state index in [4.69, 9.17) is 16.3 Å². The lowest BCUT2D eigenvalue weighted by Crippen LogP contribution is -2.27. The van der Waals surface area contributed by atoms with Crippen LogP contribution in [-0.4, -0.2) is 41.0 Å². The molecule has 0 aromatic heterocycles. The van der Waals surface area contributed by atoms with Gasteiger partial charge in [-0.1, -0.05) is 6.07 Å². The molecule has 5 nitrogen and oxygen atoms in total. The number of esters is 1. The first-order valence-electron chi connectivity index (χ1n) is 6.90. The van der Waals surface area contributed by atoms with E-state index in [1.54, 1.807) is 6.07 Å². The number of carbonyl (C=O) groups is 1. The van der Waals surface area contributed by atoms with E-state index in [0.717, 1.165) is 36.2 Å². The van der Waals surface area contributed by atoms with Gasteiger partial charge in [0.1, 0.15) is 6.61 Å². The SMILES string of the molecule is Cc1c([C@@H](O)CN2CC[C@H](Cl)C2)ccc2c1COC2=O.N. The third kappa shape index (κ3) is 3.06. The number of cyclic esters (lactones) is 1. The Bertz CT molecular complexity index is 550. The number of halogens is 1. The number of aliphatic hydroxyl groups excluding tert-OH is 1. The van der Waals surface area contributed by atoms with Gasteiger partial charge in [0.05, 0.1) is 11.7 Å². The van der Waals surface area contributed by atoms with Crippen LogP contribution in [0, 0.1) is 6.92 Å². The van der Waals surface area contributed by atoms with E-state index in [0.29, 0.717) is 18.7 Å². The molecule has 2 aliphatic heterocycles. The van der Waals surface area contributed by atoms with Gasteiger partial charge < -0.3 is 16.0 Å². The molecule has 0 saturated carbocycles. The number of rotatable bonds is 3. The highest BCUT2D eigenvalue weighted by atomic mass is 35.5. The Morgan fingerprint density at radius 2 is 2.29 bits per heavy atom. The average molecular weight is 313 g/mol. The summed E-state index contributed by atoms with van der Waals surface area (Å²) < 4.78 is 5.04. The number of benzene rings is 1. The van der Waals surface area contributed by atoms with Gasteiger partial charge >= 0.3 is 5.97 Å². The molecule has 6 heteroatoms. The highest BCUT2D eigenvalue weighted by Gasteiger charge is 2.27. The molecule has 0 aliphatic carbocycles. The highest BCUT2D eigenvalue weighted by Crippen LogP contribution is 2.30. The molecule has 116 valence electrons. The zero-order valence-corrected chi connectivity index (χ0v) is 12.9. The summed E-state index contributed by atoms with van der Waals surface area (Å²) in [5.74, 6) is -0.270. The van der Waals surface area contributed by atoms with Crippen molar-refractivity contribution in [3.05, 3.63) is 34.4 Å². The predicted octanol–water partition coefficient (Wildman–Crippen LogP) is 2.17. The van der Waals surface area contributed by atoms with Gasteiger partial charge in [-0.15, -0.1) is 11.6 Å². The molecule has 21 heavy (non-hydrogen) atoms. The lowest BCUT2D eigenvalue weighted by Gasteiger charge is -2.21. The zero-order valence-electron chi connectivity index (χ0n) is 12.1. The molecular weight excluding hydrogens is 292 g/mol. The minimum absolute atomic E-state index is 0. The topological polar surface area (TPSA) is 84.8 Å². The monoisotopic (exact) mass is 312 g/mol. The van der Waals surface area contributed by atoms with E-state index in [9.17, 15) is 9.90 Å². The number of aliphatic hydroxyl groups is 1. The van der Waals surface area contributed by atoms with E-state index in [-0.39, 0.29) is 17.5 Å². The second-order valence-corrected chi connectivity index (χ2v) is 6.16. The maximum absolute atomic E-state index is 11.5. The van der Waals surface area contributed by atoms with Crippen LogP contribution in [-0.2, 0) is 11.3 Å². The lowest BCUT2D eigenvalue weighted by molar-refractivity contribution is 0.0535. The van der Waals surface area contributed by atoms with Crippen LogP contribution < -0.4 is 6.15 Å². The van der Waals surface area contributed by atoms with Crippen molar-refractivity contribution < 1.29 is 14.6 Å². The Labute approximate surface area is 129 Å². The van der Waals surface area contributed by atoms with Gasteiger partial charge in [0.2, 0.25) is 0 Å². The summed E-state index contributed by atoms with van der Waals surface area (Å²) in [4.78, 5) is 13.7. The fourth-order valence-electron chi connectivity index (χ4n) is 3.02. The number of β-amino-alcohol motifs (C(OH)–C–C–N with tert-alkyl or cyclic N) is 1. The summed E-state index contributed by atoms with van der Waals surface area (Å²) >= 11 is 6.08. The number of hydrogen-bond donors (Lipinski definition) is 2. The molecule has 2 heterocycles. The Morgan fingerprint density at radius 1 is 1.52 bits per heavy atom. The predicted molar refractivity (Wildman–Crippen MR) is 81.0 cm³/mol. The fourth-order valence-corrected chi connectivity index (χ4v) is 3.32. The van der Waals surface area contributed by atoms with Crippen molar-refractivity contribution in [2.75, 3.05) is 19.6 Å². The van der Waals surface area contributed by atoms with E-state index < -0.39 is 6.10 Å². The molecule has 0 spiro atoms. The second kappa shape index (κ2) is 6.32. The molecule has 0 amide bonds. The molecule has 1 aromatic rings. The summed E-state index contributed by atoms with van der Waals surface area (Å²) in [6.45, 7) is 4.58. The molecule has 2 aliphatic rings. The molecule has 0 bridgehead atoms. The van der Waals surface area contributed by atoms with Gasteiger partial charge in [-0.25, -0.2) is 4.79 Å². The Hall–Kier alpha value is -1.14. The first kappa shape index (κ1) is 16.2. The number of ether oxygens (including phenoxy) is 1. The van der Waals surface area contributed by atoms with Crippen LogP contribution in [0.2, 0.25) is 0 Å². The molecule has 1 aromatic carbocycles. The quantitative estimate of drug-likeness (QED) is 0.660. The van der Waals surface area contributed by atoms with Gasteiger partial charge in [-0.2, -0.15) is 0 Å². The molecular formula is C15H21ClN2O3. The summed E-state index contributed by atoms with van der Waals surface area (Å²) in [6, 6.07) is 3.59. The highest BCUT2D eigenvalue weighted by molar-refractivity contribution is 6.20. The number of carbonyl (C=O) groups excluding carboxylic acids is 1. The van der Waals surface area contributed by atoms with Crippen LogP contribution in [0.25, 0.3) is 0 Å². The zero-order chi connectivity index (χ0) is 14.3. The van der Waals surface area contributed by atoms with E-state index in [1.165, 1.54) is 0 Å². The molecule has 2 atom stereocenters. The smallest absolute Gasteiger partial charge is 0.338 e. The van der Waals surface area contributed by atoms with Crippen molar-refractivity contribution in [1.29, 1.82) is 0 Å².